The molecular formula is C19H31N3O. The average molecular weight is 317 g/mol. The molecule has 1 aromatic carbocycles. The number of hydrogen-bond acceptors (Lipinski definition) is 3. The predicted molar refractivity (Wildman–Crippen MR) is 94.9 cm³/mol. The van der Waals surface area contributed by atoms with Gasteiger partial charge in [-0.1, -0.05) is 50.5 Å². The van der Waals surface area contributed by atoms with Crippen molar-refractivity contribution < 1.29 is 4.79 Å². The van der Waals surface area contributed by atoms with Gasteiger partial charge in [0.15, 0.2) is 0 Å². The summed E-state index contributed by atoms with van der Waals surface area (Å²) in [4.78, 5) is 14.4. The molecule has 0 spiro atoms. The zero-order valence-corrected chi connectivity index (χ0v) is 14.4. The van der Waals surface area contributed by atoms with Crippen molar-refractivity contribution in [2.24, 2.45) is 5.73 Å². The van der Waals surface area contributed by atoms with E-state index < -0.39 is 0 Å². The molecule has 0 aromatic heterocycles. The van der Waals surface area contributed by atoms with Gasteiger partial charge >= 0.3 is 0 Å². The standard InChI is InChI=1S/C19H31N3O/c1-2-8-18(20)19(23)21-14-16-9-7-10-17(13-16)15-22-11-5-3-4-6-12-22/h7,9-10,13,18H,2-6,8,11-12,14-15,20H2,1H3,(H,21,23). The number of benzene rings is 1. The highest BCUT2D eigenvalue weighted by Gasteiger charge is 2.12. The number of carbonyl (C=O) groups is 1. The molecule has 1 fully saturated rings. The van der Waals surface area contributed by atoms with E-state index in [0.29, 0.717) is 6.54 Å². The van der Waals surface area contributed by atoms with Gasteiger partial charge in [0, 0.05) is 13.1 Å². The zero-order valence-electron chi connectivity index (χ0n) is 14.4. The van der Waals surface area contributed by atoms with Crippen molar-refractivity contribution in [2.75, 3.05) is 13.1 Å². The van der Waals surface area contributed by atoms with Crippen LogP contribution in [0.25, 0.3) is 0 Å². The molecule has 3 N–H and O–H groups in total. The van der Waals surface area contributed by atoms with Gasteiger partial charge in [-0.25, -0.2) is 0 Å². The minimum atomic E-state index is -0.389. The lowest BCUT2D eigenvalue weighted by molar-refractivity contribution is -0.122. The Kier molecular flexibility index (Phi) is 7.56. The third-order valence-electron chi connectivity index (χ3n) is 4.50. The van der Waals surface area contributed by atoms with Crippen LogP contribution in [-0.2, 0) is 17.9 Å². The molecule has 1 amide bonds. The maximum atomic E-state index is 11.9. The van der Waals surface area contributed by atoms with Crippen molar-refractivity contribution in [2.45, 2.75) is 64.6 Å². The highest BCUT2D eigenvalue weighted by Crippen LogP contribution is 2.14. The minimum Gasteiger partial charge on any atom is -0.351 e. The Labute approximate surface area is 140 Å². The first-order valence-electron chi connectivity index (χ1n) is 9.02. The van der Waals surface area contributed by atoms with Crippen LogP contribution in [-0.4, -0.2) is 29.9 Å². The summed E-state index contributed by atoms with van der Waals surface area (Å²) >= 11 is 0. The van der Waals surface area contributed by atoms with Crippen molar-refractivity contribution in [3.8, 4) is 0 Å². The molecule has 1 heterocycles. The first kappa shape index (κ1) is 18.0. The molecule has 1 aromatic rings. The van der Waals surface area contributed by atoms with Crippen LogP contribution < -0.4 is 11.1 Å². The van der Waals surface area contributed by atoms with Gasteiger partial charge in [0.2, 0.25) is 5.91 Å². The maximum Gasteiger partial charge on any atom is 0.237 e. The third-order valence-corrected chi connectivity index (χ3v) is 4.50. The normalized spacial score (nSPS) is 17.5. The topological polar surface area (TPSA) is 58.4 Å². The second kappa shape index (κ2) is 9.68. The molecule has 0 aliphatic carbocycles. The van der Waals surface area contributed by atoms with Crippen LogP contribution in [0.15, 0.2) is 24.3 Å². The van der Waals surface area contributed by atoms with E-state index in [4.69, 9.17) is 5.73 Å². The van der Waals surface area contributed by atoms with Crippen molar-refractivity contribution in [3.05, 3.63) is 35.4 Å². The number of rotatable bonds is 7. The first-order valence-corrected chi connectivity index (χ1v) is 9.02. The van der Waals surface area contributed by atoms with Gasteiger partial charge in [0.25, 0.3) is 0 Å². The number of nitrogens with zero attached hydrogens (tertiary/aromatic N) is 1. The zero-order chi connectivity index (χ0) is 16.5. The van der Waals surface area contributed by atoms with Gasteiger partial charge in [0.1, 0.15) is 0 Å². The third kappa shape index (κ3) is 6.32. The fraction of sp³-hybridized carbons (Fsp3) is 0.632. The quantitative estimate of drug-likeness (QED) is 0.813. The summed E-state index contributed by atoms with van der Waals surface area (Å²) in [5.41, 5.74) is 8.32. The van der Waals surface area contributed by atoms with Crippen molar-refractivity contribution in [3.63, 3.8) is 0 Å². The molecule has 2 rings (SSSR count). The molecule has 1 aliphatic heterocycles. The molecule has 4 heteroatoms. The molecular weight excluding hydrogens is 286 g/mol. The van der Waals surface area contributed by atoms with Gasteiger partial charge < -0.3 is 11.1 Å². The van der Waals surface area contributed by atoms with Crippen LogP contribution in [0.3, 0.4) is 0 Å². The van der Waals surface area contributed by atoms with Crippen LogP contribution >= 0.6 is 0 Å². The van der Waals surface area contributed by atoms with Crippen LogP contribution in [0.1, 0.15) is 56.6 Å². The van der Waals surface area contributed by atoms with Crippen LogP contribution in [0.2, 0.25) is 0 Å². The molecule has 0 bridgehead atoms. The molecule has 0 saturated carbocycles. The summed E-state index contributed by atoms with van der Waals surface area (Å²) < 4.78 is 0. The number of carbonyl (C=O) groups excluding carboxylic acids is 1. The SMILES string of the molecule is CCCC(N)C(=O)NCc1cccc(CN2CCCCCC2)c1. The van der Waals surface area contributed by atoms with Crippen molar-refractivity contribution in [1.82, 2.24) is 10.2 Å². The molecule has 0 radical (unpaired) electrons. The molecule has 1 aliphatic rings. The Balaban J connectivity index is 1.85. The second-order valence-corrected chi connectivity index (χ2v) is 6.62. The number of likely N-dealkylation sites (tertiary alicyclic amines) is 1. The van der Waals surface area contributed by atoms with E-state index in [1.807, 2.05) is 6.92 Å². The monoisotopic (exact) mass is 317 g/mol. The van der Waals surface area contributed by atoms with E-state index in [2.05, 4.69) is 34.5 Å². The first-order chi connectivity index (χ1) is 11.2. The van der Waals surface area contributed by atoms with Crippen LogP contribution in [0.4, 0.5) is 0 Å². The van der Waals surface area contributed by atoms with Crippen molar-refractivity contribution >= 4 is 5.91 Å². The highest BCUT2D eigenvalue weighted by molar-refractivity contribution is 5.81. The summed E-state index contributed by atoms with van der Waals surface area (Å²) in [7, 11) is 0. The van der Waals surface area contributed by atoms with E-state index in [1.165, 1.54) is 44.3 Å². The summed E-state index contributed by atoms with van der Waals surface area (Å²) in [5.74, 6) is -0.0511. The summed E-state index contributed by atoms with van der Waals surface area (Å²) in [5, 5.41) is 2.95. The van der Waals surface area contributed by atoms with Gasteiger partial charge in [-0.15, -0.1) is 0 Å². The molecule has 1 atom stereocenters. The van der Waals surface area contributed by atoms with Crippen LogP contribution in [0.5, 0.6) is 0 Å². The smallest absolute Gasteiger partial charge is 0.237 e. The van der Waals surface area contributed by atoms with Gasteiger partial charge in [-0.05, 0) is 43.5 Å². The van der Waals surface area contributed by atoms with Gasteiger partial charge in [-0.2, -0.15) is 0 Å². The van der Waals surface area contributed by atoms with Crippen molar-refractivity contribution in [1.29, 1.82) is 0 Å². The summed E-state index contributed by atoms with van der Waals surface area (Å²) in [6.07, 6.45) is 7.01. The fourth-order valence-corrected chi connectivity index (χ4v) is 3.15. The molecule has 1 unspecified atom stereocenters. The Bertz CT molecular complexity index is 481. The van der Waals surface area contributed by atoms with Gasteiger partial charge in [0.05, 0.1) is 6.04 Å². The Morgan fingerprint density at radius 3 is 2.61 bits per heavy atom. The lowest BCUT2D eigenvalue weighted by atomic mass is 10.1. The summed E-state index contributed by atoms with van der Waals surface area (Å²) in [6, 6.07) is 8.15. The second-order valence-electron chi connectivity index (χ2n) is 6.62. The predicted octanol–water partition coefficient (Wildman–Crippen LogP) is 2.81. The van der Waals surface area contributed by atoms with Crippen LogP contribution in [0, 0.1) is 0 Å². The Morgan fingerprint density at radius 2 is 1.91 bits per heavy atom. The van der Waals surface area contributed by atoms with E-state index in [-0.39, 0.29) is 11.9 Å². The number of nitrogens with two attached hydrogens (primary N) is 1. The Morgan fingerprint density at radius 1 is 1.22 bits per heavy atom. The lowest BCUT2D eigenvalue weighted by Crippen LogP contribution is -2.40. The summed E-state index contributed by atoms with van der Waals surface area (Å²) in [6.45, 7) is 6.01. The Hall–Kier alpha value is -1.39. The van der Waals surface area contributed by atoms with E-state index in [1.54, 1.807) is 0 Å². The largest absolute Gasteiger partial charge is 0.351 e. The molecule has 4 nitrogen and oxygen atoms in total. The lowest BCUT2D eigenvalue weighted by Gasteiger charge is -2.20. The number of nitrogens with one attached hydrogen (secondary N) is 1. The van der Waals surface area contributed by atoms with E-state index in [0.717, 1.165) is 24.9 Å². The average Bonchev–Trinajstić information content (AvgIpc) is 2.82. The van der Waals surface area contributed by atoms with E-state index in [9.17, 15) is 4.79 Å². The van der Waals surface area contributed by atoms with E-state index >= 15 is 0 Å². The number of hydrogen-bond donors (Lipinski definition) is 2. The number of amides is 1. The molecule has 23 heavy (non-hydrogen) atoms. The minimum absolute atomic E-state index is 0.0511. The van der Waals surface area contributed by atoms with Gasteiger partial charge in [-0.3, -0.25) is 9.69 Å². The molecule has 128 valence electrons. The maximum absolute atomic E-state index is 11.9. The molecule has 1 saturated heterocycles. The fourth-order valence-electron chi connectivity index (χ4n) is 3.15. The highest BCUT2D eigenvalue weighted by atomic mass is 16.2.